The predicted molar refractivity (Wildman–Crippen MR) is 68.1 cm³/mol. The smallest absolute Gasteiger partial charge is 0.249 e. The Balaban J connectivity index is 1.98. The molecule has 6 N–H and O–H groups in total. The summed E-state index contributed by atoms with van der Waals surface area (Å²) in [6, 6.07) is 0. The molecule has 1 saturated heterocycles. The van der Waals surface area contributed by atoms with Crippen LogP contribution in [-0.2, 0) is 9.53 Å². The molecule has 1 aliphatic heterocycles. The van der Waals surface area contributed by atoms with Gasteiger partial charge in [0.25, 0.3) is 0 Å². The molecular formula is C11H13N5O6. The topological polar surface area (TPSA) is 177 Å². The van der Waals surface area contributed by atoms with E-state index in [1.807, 2.05) is 0 Å². The van der Waals surface area contributed by atoms with E-state index in [1.54, 1.807) is 0 Å². The number of rotatable bonds is 3. The minimum absolute atomic E-state index is 0.0756. The highest BCUT2D eigenvalue weighted by molar-refractivity contribution is 5.79. The summed E-state index contributed by atoms with van der Waals surface area (Å²) in [5, 5.41) is 39.2. The molecule has 0 spiro atoms. The lowest BCUT2D eigenvalue weighted by molar-refractivity contribution is -0.140. The molecule has 1 amide bonds. The quantitative estimate of drug-likeness (QED) is 0.395. The Bertz CT molecular complexity index is 720. The Morgan fingerprint density at radius 1 is 1.32 bits per heavy atom. The second-order valence-corrected chi connectivity index (χ2v) is 4.84. The normalized spacial score (nSPS) is 29.8. The van der Waals surface area contributed by atoms with Crippen LogP contribution in [0.15, 0.2) is 12.7 Å². The van der Waals surface area contributed by atoms with Crippen molar-refractivity contribution in [2.45, 2.75) is 30.6 Å². The average molecular weight is 311 g/mol. The number of ether oxygens (including phenoxy) is 1. The number of hydrogen-bond donors (Lipinski definition) is 5. The summed E-state index contributed by atoms with van der Waals surface area (Å²) in [4.78, 5) is 22.4. The van der Waals surface area contributed by atoms with E-state index >= 15 is 0 Å². The molecule has 0 radical (unpaired) electrons. The van der Waals surface area contributed by atoms with Gasteiger partial charge < -0.3 is 30.9 Å². The number of aliphatic hydroxyl groups excluding tert-OH is 3. The molecule has 22 heavy (non-hydrogen) atoms. The van der Waals surface area contributed by atoms with Crippen LogP contribution in [0.4, 0.5) is 0 Å². The van der Waals surface area contributed by atoms with E-state index in [1.165, 1.54) is 10.9 Å². The second kappa shape index (κ2) is 5.14. The van der Waals surface area contributed by atoms with Gasteiger partial charge in [-0.15, -0.1) is 0 Å². The van der Waals surface area contributed by atoms with Gasteiger partial charge in [-0.1, -0.05) is 0 Å². The summed E-state index contributed by atoms with van der Waals surface area (Å²) >= 11 is 0. The summed E-state index contributed by atoms with van der Waals surface area (Å²) in [6.45, 7) is 0. The Hall–Kier alpha value is -2.34. The van der Waals surface area contributed by atoms with E-state index in [0.29, 0.717) is 0 Å². The second-order valence-electron chi connectivity index (χ2n) is 4.84. The first-order chi connectivity index (χ1) is 10.4. The van der Waals surface area contributed by atoms with Gasteiger partial charge in [-0.3, -0.25) is 9.36 Å². The molecule has 3 heterocycles. The largest absolute Gasteiger partial charge is 0.492 e. The average Bonchev–Trinajstić information content (AvgIpc) is 3.02. The van der Waals surface area contributed by atoms with E-state index in [4.69, 9.17) is 10.5 Å². The molecule has 2 aromatic heterocycles. The number of amides is 1. The van der Waals surface area contributed by atoms with Crippen molar-refractivity contribution in [1.29, 1.82) is 0 Å². The Kier molecular flexibility index (Phi) is 3.41. The zero-order chi connectivity index (χ0) is 16.0. The third-order valence-electron chi connectivity index (χ3n) is 3.49. The zero-order valence-corrected chi connectivity index (χ0v) is 11.0. The summed E-state index contributed by atoms with van der Waals surface area (Å²) in [7, 11) is 0. The van der Waals surface area contributed by atoms with E-state index in [2.05, 4.69) is 15.0 Å². The lowest BCUT2D eigenvalue weighted by Crippen LogP contribution is -2.45. The number of nitrogens with zero attached hydrogens (tertiary/aromatic N) is 4. The molecule has 1 fully saturated rings. The van der Waals surface area contributed by atoms with Crippen LogP contribution in [-0.4, -0.2) is 70.3 Å². The lowest BCUT2D eigenvalue weighted by Gasteiger charge is -2.18. The molecule has 11 nitrogen and oxygen atoms in total. The number of carbonyl (C=O) groups excluding carboxylic acids is 1. The van der Waals surface area contributed by atoms with Crippen molar-refractivity contribution in [1.82, 2.24) is 19.5 Å². The van der Waals surface area contributed by atoms with Gasteiger partial charge in [-0.05, 0) is 0 Å². The standard InChI is InChI=1S/C11H13N5O6/c12-8(20)6(19)7-4(17)5(18)11(22-7)16-2-15-3-9(16)13-1-14-10(3)21/h1-2,4-7,11,17-19H,(H2,12,20)(H,13,14,21)/t4?,5?,6?,7-,11+/m0/s1. The fourth-order valence-electron chi connectivity index (χ4n) is 2.36. The predicted octanol–water partition coefficient (Wildman–Crippen LogP) is -3.00. The van der Waals surface area contributed by atoms with Crippen molar-refractivity contribution >= 4 is 17.1 Å². The van der Waals surface area contributed by atoms with Crippen molar-refractivity contribution in [3.8, 4) is 5.88 Å². The van der Waals surface area contributed by atoms with Crippen LogP contribution in [0.5, 0.6) is 5.88 Å². The summed E-state index contributed by atoms with van der Waals surface area (Å²) in [5.41, 5.74) is 5.19. The van der Waals surface area contributed by atoms with E-state index < -0.39 is 36.6 Å². The molecule has 5 atom stereocenters. The number of aromatic nitrogens is 4. The molecule has 118 valence electrons. The minimum atomic E-state index is -1.78. The molecular weight excluding hydrogens is 298 g/mol. The van der Waals surface area contributed by atoms with E-state index in [9.17, 15) is 25.2 Å². The third-order valence-corrected chi connectivity index (χ3v) is 3.49. The SMILES string of the molecule is NC(=O)C(O)[C@H]1O[C@@H](n2cnc3c(O)ncnc32)C(O)C1O. The molecule has 1 aliphatic rings. The number of aliphatic hydroxyl groups is 3. The third kappa shape index (κ3) is 2.07. The molecule has 0 aromatic carbocycles. The molecule has 2 aromatic rings. The van der Waals surface area contributed by atoms with E-state index in [-0.39, 0.29) is 17.0 Å². The highest BCUT2D eigenvalue weighted by atomic mass is 16.6. The fraction of sp³-hybridized carbons (Fsp3) is 0.455. The van der Waals surface area contributed by atoms with E-state index in [0.717, 1.165) is 6.33 Å². The number of primary amides is 1. The maximum Gasteiger partial charge on any atom is 0.249 e. The molecule has 3 unspecified atom stereocenters. The Morgan fingerprint density at radius 3 is 2.73 bits per heavy atom. The number of imidazole rings is 1. The van der Waals surface area contributed by atoms with Crippen LogP contribution in [0, 0.1) is 0 Å². The van der Waals surface area contributed by atoms with Gasteiger partial charge in [0.1, 0.15) is 24.6 Å². The van der Waals surface area contributed by atoms with Gasteiger partial charge in [0.2, 0.25) is 11.8 Å². The van der Waals surface area contributed by atoms with Gasteiger partial charge in [-0.2, -0.15) is 4.98 Å². The van der Waals surface area contributed by atoms with Crippen molar-refractivity contribution in [3.63, 3.8) is 0 Å². The first kappa shape index (κ1) is 14.6. The molecule has 0 saturated carbocycles. The number of fused-ring (bicyclic) bond motifs is 1. The molecule has 11 heteroatoms. The maximum atomic E-state index is 11.0. The van der Waals surface area contributed by atoms with Crippen LogP contribution >= 0.6 is 0 Å². The van der Waals surface area contributed by atoms with Crippen LogP contribution in [0.1, 0.15) is 6.23 Å². The molecule has 3 rings (SSSR count). The van der Waals surface area contributed by atoms with Crippen LogP contribution in [0.2, 0.25) is 0 Å². The van der Waals surface area contributed by atoms with Crippen molar-refractivity contribution in [3.05, 3.63) is 12.7 Å². The monoisotopic (exact) mass is 311 g/mol. The Labute approximate surface area is 122 Å². The van der Waals surface area contributed by atoms with Gasteiger partial charge in [0.15, 0.2) is 23.5 Å². The van der Waals surface area contributed by atoms with Gasteiger partial charge in [-0.25, -0.2) is 9.97 Å². The van der Waals surface area contributed by atoms with Gasteiger partial charge in [0, 0.05) is 0 Å². The zero-order valence-electron chi connectivity index (χ0n) is 11.0. The fourth-order valence-corrected chi connectivity index (χ4v) is 2.36. The van der Waals surface area contributed by atoms with Crippen LogP contribution < -0.4 is 5.73 Å². The first-order valence-corrected chi connectivity index (χ1v) is 6.27. The number of carbonyl (C=O) groups is 1. The van der Waals surface area contributed by atoms with Gasteiger partial charge in [0.05, 0.1) is 6.33 Å². The minimum Gasteiger partial charge on any atom is -0.492 e. The summed E-state index contributed by atoms with van der Waals surface area (Å²) in [6.07, 6.45) is -5.05. The molecule has 0 bridgehead atoms. The van der Waals surface area contributed by atoms with Crippen LogP contribution in [0.25, 0.3) is 11.2 Å². The summed E-state index contributed by atoms with van der Waals surface area (Å²) in [5.74, 6) is -1.45. The number of aromatic hydroxyl groups is 1. The van der Waals surface area contributed by atoms with Crippen molar-refractivity contribution in [2.24, 2.45) is 5.73 Å². The number of hydrogen-bond acceptors (Lipinski definition) is 9. The first-order valence-electron chi connectivity index (χ1n) is 6.27. The van der Waals surface area contributed by atoms with Gasteiger partial charge >= 0.3 is 0 Å². The van der Waals surface area contributed by atoms with Crippen molar-refractivity contribution in [2.75, 3.05) is 0 Å². The highest BCUT2D eigenvalue weighted by Crippen LogP contribution is 2.33. The van der Waals surface area contributed by atoms with Crippen molar-refractivity contribution < 1.29 is 30.0 Å². The maximum absolute atomic E-state index is 11.0. The lowest BCUT2D eigenvalue weighted by atomic mass is 10.1. The number of nitrogens with two attached hydrogens (primary N) is 1. The van der Waals surface area contributed by atoms with Crippen LogP contribution in [0.3, 0.4) is 0 Å². The molecule has 0 aliphatic carbocycles. The highest BCUT2D eigenvalue weighted by Gasteiger charge is 2.48. The Morgan fingerprint density at radius 2 is 2.05 bits per heavy atom. The summed E-state index contributed by atoms with van der Waals surface area (Å²) < 4.78 is 6.58.